The molecule has 27 heavy (non-hydrogen) atoms. The molecule has 1 N–H and O–H groups in total. The van der Waals surface area contributed by atoms with E-state index in [0.29, 0.717) is 27.2 Å². The van der Waals surface area contributed by atoms with Crippen LogP contribution in [0.5, 0.6) is 0 Å². The van der Waals surface area contributed by atoms with Crippen LogP contribution in [0, 0.1) is 6.92 Å². The second-order valence-electron chi connectivity index (χ2n) is 5.61. The lowest BCUT2D eigenvalue weighted by molar-refractivity contribution is 0.102. The van der Waals surface area contributed by atoms with E-state index in [2.05, 4.69) is 25.6 Å². The average Bonchev–Trinajstić information content (AvgIpc) is 3.29. The number of nitrogens with one attached hydrogen (secondary N) is 1. The number of carbonyl (C=O) groups excluding carboxylic acids is 1. The van der Waals surface area contributed by atoms with Gasteiger partial charge in [0.25, 0.3) is 5.91 Å². The molecule has 3 heterocycles. The van der Waals surface area contributed by atoms with Crippen molar-refractivity contribution in [2.75, 3.05) is 5.32 Å². The Morgan fingerprint density at radius 2 is 2.00 bits per heavy atom. The van der Waals surface area contributed by atoms with E-state index in [1.165, 1.54) is 16.0 Å². The van der Waals surface area contributed by atoms with Crippen LogP contribution in [0.3, 0.4) is 0 Å². The highest BCUT2D eigenvalue weighted by Gasteiger charge is 2.24. The molecule has 134 valence electrons. The van der Waals surface area contributed by atoms with Crippen LogP contribution in [-0.4, -0.2) is 30.9 Å². The van der Waals surface area contributed by atoms with Gasteiger partial charge in [0.15, 0.2) is 10.8 Å². The SMILES string of the molecule is Cc1csc(NC(=O)c2nnn(-c3ccccc3Cl)c2-c2ccccn2)n1. The largest absolute Gasteiger partial charge is 0.296 e. The van der Waals surface area contributed by atoms with Gasteiger partial charge in [-0.25, -0.2) is 9.67 Å². The van der Waals surface area contributed by atoms with Crippen LogP contribution in [0.25, 0.3) is 17.1 Å². The summed E-state index contributed by atoms with van der Waals surface area (Å²) in [4.78, 5) is 21.4. The molecule has 9 heteroatoms. The van der Waals surface area contributed by atoms with Crippen LogP contribution in [0.4, 0.5) is 5.13 Å². The highest BCUT2D eigenvalue weighted by atomic mass is 35.5. The zero-order valence-electron chi connectivity index (χ0n) is 14.1. The zero-order valence-corrected chi connectivity index (χ0v) is 15.7. The Labute approximate surface area is 163 Å². The molecule has 4 rings (SSSR count). The lowest BCUT2D eigenvalue weighted by Gasteiger charge is -2.09. The third-order valence-corrected chi connectivity index (χ3v) is 4.91. The Hall–Kier alpha value is -3.10. The smallest absolute Gasteiger partial charge is 0.280 e. The zero-order chi connectivity index (χ0) is 18.8. The summed E-state index contributed by atoms with van der Waals surface area (Å²) in [5.41, 5.74) is 2.59. The fraction of sp³-hybridized carbons (Fsp3) is 0.0556. The van der Waals surface area contributed by atoms with Gasteiger partial charge in [-0.05, 0) is 31.2 Å². The third kappa shape index (κ3) is 3.44. The number of nitrogens with zero attached hydrogens (tertiary/aromatic N) is 5. The van der Waals surface area contributed by atoms with Crippen LogP contribution in [0.1, 0.15) is 16.2 Å². The summed E-state index contributed by atoms with van der Waals surface area (Å²) in [5.74, 6) is -0.414. The molecule has 0 radical (unpaired) electrons. The number of thiazole rings is 1. The molecule has 3 aromatic heterocycles. The number of halogens is 1. The van der Waals surface area contributed by atoms with Gasteiger partial charge in [-0.2, -0.15) is 0 Å². The van der Waals surface area contributed by atoms with Gasteiger partial charge in [0.1, 0.15) is 5.69 Å². The summed E-state index contributed by atoms with van der Waals surface area (Å²) >= 11 is 7.67. The molecule has 0 saturated heterocycles. The number of carbonyl (C=O) groups is 1. The molecule has 7 nitrogen and oxygen atoms in total. The van der Waals surface area contributed by atoms with Crippen molar-refractivity contribution in [1.82, 2.24) is 25.0 Å². The molecule has 0 atom stereocenters. The van der Waals surface area contributed by atoms with Gasteiger partial charge in [-0.15, -0.1) is 16.4 Å². The summed E-state index contributed by atoms with van der Waals surface area (Å²) in [5, 5.41) is 13.9. The summed E-state index contributed by atoms with van der Waals surface area (Å²) in [6.45, 7) is 1.86. The fourth-order valence-corrected chi connectivity index (χ4v) is 3.43. The van der Waals surface area contributed by atoms with Gasteiger partial charge in [0.05, 0.1) is 22.1 Å². The highest BCUT2D eigenvalue weighted by molar-refractivity contribution is 7.13. The number of anilines is 1. The Morgan fingerprint density at radius 3 is 2.70 bits per heavy atom. The molecule has 0 aliphatic carbocycles. The molecule has 0 unspecified atom stereocenters. The van der Waals surface area contributed by atoms with Crippen LogP contribution in [-0.2, 0) is 0 Å². The second-order valence-corrected chi connectivity index (χ2v) is 6.88. The number of aryl methyl sites for hydroxylation is 1. The minimum Gasteiger partial charge on any atom is -0.296 e. The minimum atomic E-state index is -0.414. The Kier molecular flexibility index (Phi) is 4.66. The number of hydrogen-bond acceptors (Lipinski definition) is 6. The molecule has 0 aliphatic heterocycles. The van der Waals surface area contributed by atoms with Crippen molar-refractivity contribution in [3.8, 4) is 17.1 Å². The van der Waals surface area contributed by atoms with Crippen LogP contribution in [0.15, 0.2) is 54.0 Å². The topological polar surface area (TPSA) is 85.6 Å². The lowest BCUT2D eigenvalue weighted by Crippen LogP contribution is -2.14. The first-order valence-corrected chi connectivity index (χ1v) is 9.25. The number of aromatic nitrogens is 5. The van der Waals surface area contributed by atoms with E-state index in [-0.39, 0.29) is 5.69 Å². The molecular weight excluding hydrogens is 384 g/mol. The van der Waals surface area contributed by atoms with E-state index in [0.717, 1.165) is 5.69 Å². The van der Waals surface area contributed by atoms with Gasteiger partial charge in [0.2, 0.25) is 0 Å². The fourth-order valence-electron chi connectivity index (χ4n) is 2.53. The number of rotatable bonds is 4. The van der Waals surface area contributed by atoms with Gasteiger partial charge in [0, 0.05) is 11.6 Å². The van der Waals surface area contributed by atoms with Crippen LogP contribution < -0.4 is 5.32 Å². The van der Waals surface area contributed by atoms with Gasteiger partial charge < -0.3 is 0 Å². The summed E-state index contributed by atoms with van der Waals surface area (Å²) < 4.78 is 1.52. The monoisotopic (exact) mass is 396 g/mol. The first-order valence-electron chi connectivity index (χ1n) is 7.99. The van der Waals surface area contributed by atoms with E-state index in [1.807, 2.05) is 30.5 Å². The quantitative estimate of drug-likeness (QED) is 0.563. The normalized spacial score (nSPS) is 10.7. The van der Waals surface area contributed by atoms with Crippen molar-refractivity contribution in [2.24, 2.45) is 0 Å². The maximum Gasteiger partial charge on any atom is 0.280 e. The van der Waals surface area contributed by atoms with E-state index in [9.17, 15) is 4.79 Å². The Bertz CT molecular complexity index is 1110. The first-order chi connectivity index (χ1) is 13.1. The van der Waals surface area contributed by atoms with Crippen molar-refractivity contribution in [3.05, 3.63) is 70.5 Å². The van der Waals surface area contributed by atoms with Gasteiger partial charge >= 0.3 is 0 Å². The molecule has 0 spiro atoms. The van der Waals surface area contributed by atoms with Crippen molar-refractivity contribution in [1.29, 1.82) is 0 Å². The molecular formula is C18H13ClN6OS. The van der Waals surface area contributed by atoms with Crippen LogP contribution >= 0.6 is 22.9 Å². The van der Waals surface area contributed by atoms with Crippen molar-refractivity contribution < 1.29 is 4.79 Å². The molecule has 1 amide bonds. The minimum absolute atomic E-state index is 0.140. The number of amides is 1. The average molecular weight is 397 g/mol. The van der Waals surface area contributed by atoms with E-state index in [4.69, 9.17) is 11.6 Å². The maximum absolute atomic E-state index is 12.8. The van der Waals surface area contributed by atoms with Crippen LogP contribution in [0.2, 0.25) is 5.02 Å². The van der Waals surface area contributed by atoms with Crippen molar-refractivity contribution in [2.45, 2.75) is 6.92 Å². The number of benzene rings is 1. The van der Waals surface area contributed by atoms with E-state index in [1.54, 1.807) is 30.5 Å². The summed E-state index contributed by atoms with van der Waals surface area (Å²) in [7, 11) is 0. The van der Waals surface area contributed by atoms with E-state index >= 15 is 0 Å². The van der Waals surface area contributed by atoms with Crippen molar-refractivity contribution in [3.63, 3.8) is 0 Å². The predicted octanol–water partition coefficient (Wildman–Crippen LogP) is 4.00. The van der Waals surface area contributed by atoms with Gasteiger partial charge in [-0.1, -0.05) is 35.0 Å². The predicted molar refractivity (Wildman–Crippen MR) is 104 cm³/mol. The first kappa shape index (κ1) is 17.3. The molecule has 4 aromatic rings. The number of pyridine rings is 1. The number of para-hydroxylation sites is 1. The Balaban J connectivity index is 1.83. The molecule has 0 aliphatic rings. The number of hydrogen-bond donors (Lipinski definition) is 1. The Morgan fingerprint density at radius 1 is 1.19 bits per heavy atom. The summed E-state index contributed by atoms with van der Waals surface area (Å²) in [6.07, 6.45) is 1.64. The standard InChI is InChI=1S/C18H13ClN6OS/c1-11-10-27-18(21-11)22-17(26)15-16(13-7-4-5-9-20-13)25(24-23-15)14-8-3-2-6-12(14)19/h2-10H,1H3,(H,21,22,26). The maximum atomic E-state index is 12.8. The molecule has 1 aromatic carbocycles. The highest BCUT2D eigenvalue weighted by Crippen LogP contribution is 2.28. The second kappa shape index (κ2) is 7.26. The molecule has 0 fully saturated rings. The van der Waals surface area contributed by atoms with E-state index < -0.39 is 5.91 Å². The van der Waals surface area contributed by atoms with Crippen molar-refractivity contribution >= 4 is 34.0 Å². The third-order valence-electron chi connectivity index (χ3n) is 3.71. The molecule has 0 bridgehead atoms. The lowest BCUT2D eigenvalue weighted by atomic mass is 10.2. The molecule has 0 saturated carbocycles. The van der Waals surface area contributed by atoms with Gasteiger partial charge in [-0.3, -0.25) is 15.1 Å². The summed E-state index contributed by atoms with van der Waals surface area (Å²) in [6, 6.07) is 12.6.